The van der Waals surface area contributed by atoms with Crippen LogP contribution in [0, 0.1) is 0 Å². The molecule has 2 rings (SSSR count). The molecule has 1 atom stereocenters. The van der Waals surface area contributed by atoms with Crippen molar-refractivity contribution in [2.75, 3.05) is 5.32 Å². The molecule has 0 bridgehead atoms. The molecular weight excluding hydrogens is 288 g/mol. The standard InChI is InChI=1S/C15H19ClN4O/c1-11(17)4-2-5-15(21)19-13-10-12(16)6-7-14(13)20-9-3-8-18-20/h3,6-11H,2,4-5,17H2,1H3,(H,19,21). The van der Waals surface area contributed by atoms with Crippen molar-refractivity contribution in [3.63, 3.8) is 0 Å². The molecule has 0 aliphatic rings. The molecule has 0 aliphatic heterocycles. The Kier molecular flexibility index (Phi) is 5.36. The molecule has 0 fully saturated rings. The highest BCUT2D eigenvalue weighted by Gasteiger charge is 2.10. The maximum absolute atomic E-state index is 12.0. The van der Waals surface area contributed by atoms with Crippen LogP contribution in [0.25, 0.3) is 5.69 Å². The van der Waals surface area contributed by atoms with Crippen LogP contribution < -0.4 is 11.1 Å². The lowest BCUT2D eigenvalue weighted by atomic mass is 10.1. The molecule has 1 heterocycles. The van der Waals surface area contributed by atoms with Crippen molar-refractivity contribution in [2.24, 2.45) is 5.73 Å². The van der Waals surface area contributed by atoms with Gasteiger partial charge in [0, 0.05) is 29.9 Å². The van der Waals surface area contributed by atoms with Crippen molar-refractivity contribution in [3.8, 4) is 5.69 Å². The number of halogens is 1. The second kappa shape index (κ2) is 7.24. The summed E-state index contributed by atoms with van der Waals surface area (Å²) in [6, 6.07) is 7.26. The molecular formula is C15H19ClN4O. The van der Waals surface area contributed by atoms with Crippen molar-refractivity contribution in [1.82, 2.24) is 9.78 Å². The number of benzene rings is 1. The van der Waals surface area contributed by atoms with Crippen LogP contribution in [0.15, 0.2) is 36.7 Å². The molecule has 112 valence electrons. The minimum atomic E-state index is -0.0497. The minimum Gasteiger partial charge on any atom is -0.328 e. The number of hydrogen-bond donors (Lipinski definition) is 2. The van der Waals surface area contributed by atoms with Crippen LogP contribution in [0.4, 0.5) is 5.69 Å². The summed E-state index contributed by atoms with van der Waals surface area (Å²) in [5, 5.41) is 7.63. The first-order valence-electron chi connectivity index (χ1n) is 6.91. The number of nitrogens with two attached hydrogens (primary N) is 1. The SMILES string of the molecule is CC(N)CCCC(=O)Nc1cc(Cl)ccc1-n1cccn1. The normalized spacial score (nSPS) is 12.1. The molecule has 1 unspecified atom stereocenters. The number of rotatable bonds is 6. The van der Waals surface area contributed by atoms with E-state index in [1.165, 1.54) is 0 Å². The molecule has 2 aromatic rings. The number of nitrogens with one attached hydrogen (secondary N) is 1. The van der Waals surface area contributed by atoms with Crippen molar-refractivity contribution in [3.05, 3.63) is 41.7 Å². The summed E-state index contributed by atoms with van der Waals surface area (Å²) in [5.74, 6) is -0.0497. The zero-order chi connectivity index (χ0) is 15.2. The van der Waals surface area contributed by atoms with Gasteiger partial charge in [0.2, 0.25) is 5.91 Å². The van der Waals surface area contributed by atoms with E-state index in [2.05, 4.69) is 10.4 Å². The Hall–Kier alpha value is -1.85. The summed E-state index contributed by atoms with van der Waals surface area (Å²) >= 11 is 6.01. The number of hydrogen-bond acceptors (Lipinski definition) is 3. The van der Waals surface area contributed by atoms with Gasteiger partial charge in [0.1, 0.15) is 0 Å². The van der Waals surface area contributed by atoms with Gasteiger partial charge in [-0.15, -0.1) is 0 Å². The molecule has 0 saturated heterocycles. The van der Waals surface area contributed by atoms with E-state index in [9.17, 15) is 4.79 Å². The van der Waals surface area contributed by atoms with E-state index in [0.29, 0.717) is 17.1 Å². The third kappa shape index (κ3) is 4.58. The zero-order valence-corrected chi connectivity index (χ0v) is 12.7. The van der Waals surface area contributed by atoms with Gasteiger partial charge in [-0.25, -0.2) is 4.68 Å². The van der Waals surface area contributed by atoms with Gasteiger partial charge in [-0.2, -0.15) is 5.10 Å². The van der Waals surface area contributed by atoms with Crippen LogP contribution in [0.1, 0.15) is 26.2 Å². The Balaban J connectivity index is 2.08. The van der Waals surface area contributed by atoms with E-state index in [0.717, 1.165) is 18.5 Å². The molecule has 0 spiro atoms. The van der Waals surface area contributed by atoms with Crippen molar-refractivity contribution < 1.29 is 4.79 Å². The van der Waals surface area contributed by atoms with E-state index in [1.54, 1.807) is 23.0 Å². The lowest BCUT2D eigenvalue weighted by molar-refractivity contribution is -0.116. The second-order valence-electron chi connectivity index (χ2n) is 5.03. The fraction of sp³-hybridized carbons (Fsp3) is 0.333. The third-order valence-electron chi connectivity index (χ3n) is 3.05. The van der Waals surface area contributed by atoms with E-state index < -0.39 is 0 Å². The van der Waals surface area contributed by atoms with Crippen LogP contribution in [0.5, 0.6) is 0 Å². The summed E-state index contributed by atoms with van der Waals surface area (Å²) in [6.07, 6.45) is 5.53. The Bertz CT molecular complexity index is 596. The Morgan fingerprint density at radius 1 is 1.52 bits per heavy atom. The lowest BCUT2D eigenvalue weighted by Crippen LogP contribution is -2.17. The second-order valence-corrected chi connectivity index (χ2v) is 5.47. The highest BCUT2D eigenvalue weighted by Crippen LogP contribution is 2.24. The third-order valence-corrected chi connectivity index (χ3v) is 3.28. The van der Waals surface area contributed by atoms with Crippen molar-refractivity contribution in [2.45, 2.75) is 32.2 Å². The maximum Gasteiger partial charge on any atom is 0.224 e. The topological polar surface area (TPSA) is 72.9 Å². The number of nitrogens with zero attached hydrogens (tertiary/aromatic N) is 2. The number of carbonyl (C=O) groups is 1. The number of amides is 1. The summed E-state index contributed by atoms with van der Waals surface area (Å²) in [4.78, 5) is 12.0. The molecule has 21 heavy (non-hydrogen) atoms. The Morgan fingerprint density at radius 3 is 3.00 bits per heavy atom. The van der Waals surface area contributed by atoms with Crippen LogP contribution in [-0.2, 0) is 4.79 Å². The van der Waals surface area contributed by atoms with Gasteiger partial charge in [0.25, 0.3) is 0 Å². The van der Waals surface area contributed by atoms with Crippen LogP contribution in [-0.4, -0.2) is 21.7 Å². The van der Waals surface area contributed by atoms with E-state index in [-0.39, 0.29) is 11.9 Å². The van der Waals surface area contributed by atoms with Gasteiger partial charge in [0.05, 0.1) is 11.4 Å². The van der Waals surface area contributed by atoms with Crippen LogP contribution in [0.2, 0.25) is 5.02 Å². The summed E-state index contributed by atoms with van der Waals surface area (Å²) in [6.45, 7) is 1.94. The molecule has 0 aliphatic carbocycles. The van der Waals surface area contributed by atoms with Crippen LogP contribution in [0.3, 0.4) is 0 Å². The highest BCUT2D eigenvalue weighted by molar-refractivity contribution is 6.31. The highest BCUT2D eigenvalue weighted by atomic mass is 35.5. The Labute approximate surface area is 129 Å². The quantitative estimate of drug-likeness (QED) is 0.861. The predicted molar refractivity (Wildman–Crippen MR) is 84.7 cm³/mol. The largest absolute Gasteiger partial charge is 0.328 e. The maximum atomic E-state index is 12.0. The number of carbonyl (C=O) groups excluding carboxylic acids is 1. The van der Waals surface area contributed by atoms with Crippen molar-refractivity contribution >= 4 is 23.2 Å². The van der Waals surface area contributed by atoms with Gasteiger partial charge in [-0.05, 0) is 44.0 Å². The van der Waals surface area contributed by atoms with Gasteiger partial charge >= 0.3 is 0 Å². The monoisotopic (exact) mass is 306 g/mol. The van der Waals surface area contributed by atoms with E-state index in [4.69, 9.17) is 17.3 Å². The van der Waals surface area contributed by atoms with Gasteiger partial charge < -0.3 is 11.1 Å². The average molecular weight is 307 g/mol. The first kappa shape index (κ1) is 15.5. The van der Waals surface area contributed by atoms with E-state index in [1.807, 2.05) is 25.3 Å². The Morgan fingerprint density at radius 2 is 2.33 bits per heavy atom. The molecule has 3 N–H and O–H groups in total. The predicted octanol–water partition coefficient (Wildman–Crippen LogP) is 2.98. The summed E-state index contributed by atoms with van der Waals surface area (Å²) < 4.78 is 1.69. The zero-order valence-electron chi connectivity index (χ0n) is 11.9. The summed E-state index contributed by atoms with van der Waals surface area (Å²) in [5.41, 5.74) is 7.11. The smallest absolute Gasteiger partial charge is 0.224 e. The first-order chi connectivity index (χ1) is 10.1. The fourth-order valence-electron chi connectivity index (χ4n) is 2.02. The lowest BCUT2D eigenvalue weighted by Gasteiger charge is -2.12. The molecule has 1 aromatic carbocycles. The van der Waals surface area contributed by atoms with Gasteiger partial charge in [0.15, 0.2) is 0 Å². The molecule has 1 aromatic heterocycles. The van der Waals surface area contributed by atoms with E-state index >= 15 is 0 Å². The molecule has 5 nitrogen and oxygen atoms in total. The fourth-order valence-corrected chi connectivity index (χ4v) is 2.19. The van der Waals surface area contributed by atoms with Crippen LogP contribution >= 0.6 is 11.6 Å². The summed E-state index contributed by atoms with van der Waals surface area (Å²) in [7, 11) is 0. The van der Waals surface area contributed by atoms with Gasteiger partial charge in [-0.1, -0.05) is 11.6 Å². The average Bonchev–Trinajstić information content (AvgIpc) is 2.92. The molecule has 6 heteroatoms. The molecule has 0 saturated carbocycles. The number of aromatic nitrogens is 2. The number of anilines is 1. The van der Waals surface area contributed by atoms with Crippen molar-refractivity contribution in [1.29, 1.82) is 0 Å². The minimum absolute atomic E-state index is 0.0497. The first-order valence-corrected chi connectivity index (χ1v) is 7.29. The molecule has 1 amide bonds. The van der Waals surface area contributed by atoms with Gasteiger partial charge in [-0.3, -0.25) is 4.79 Å². The molecule has 0 radical (unpaired) electrons.